The first-order valence-electron chi connectivity index (χ1n) is 7.19. The Morgan fingerprint density at radius 1 is 1.22 bits per heavy atom. The van der Waals surface area contributed by atoms with Crippen molar-refractivity contribution in [3.05, 3.63) is 75.0 Å². The van der Waals surface area contributed by atoms with Crippen LogP contribution in [0.25, 0.3) is 6.08 Å². The van der Waals surface area contributed by atoms with Gasteiger partial charge < -0.3 is 9.47 Å². The largest absolute Gasteiger partial charge is 0.496 e. The van der Waals surface area contributed by atoms with E-state index in [4.69, 9.17) is 9.47 Å². The fraction of sp³-hybridized carbons (Fsp3) is 0.222. The van der Waals surface area contributed by atoms with Crippen molar-refractivity contribution >= 4 is 6.08 Å². The average molecular weight is 313 g/mol. The Balaban J connectivity index is 2.29. The molecule has 2 aromatic carbocycles. The summed E-state index contributed by atoms with van der Waals surface area (Å²) in [5, 5.41) is 10.8. The van der Waals surface area contributed by atoms with Crippen molar-refractivity contribution in [3.63, 3.8) is 0 Å². The standard InChI is InChI=1S/C18H19NO4/c1-13-9-18(22-3)16(10-14(2)19(20)21)11-17(13)23-12-15-7-5-4-6-8-15/h4-11H,12H2,1-3H3. The summed E-state index contributed by atoms with van der Waals surface area (Å²) in [6.07, 6.45) is 1.48. The molecule has 0 bridgehead atoms. The topological polar surface area (TPSA) is 61.6 Å². The predicted molar refractivity (Wildman–Crippen MR) is 89.2 cm³/mol. The van der Waals surface area contributed by atoms with Gasteiger partial charge in [0.1, 0.15) is 18.1 Å². The van der Waals surface area contributed by atoms with Gasteiger partial charge in [-0.1, -0.05) is 30.3 Å². The third-order valence-corrected chi connectivity index (χ3v) is 3.42. The molecule has 120 valence electrons. The molecule has 0 aliphatic carbocycles. The fourth-order valence-corrected chi connectivity index (χ4v) is 2.14. The first-order chi connectivity index (χ1) is 11.0. The quantitative estimate of drug-likeness (QED) is 0.591. The molecule has 0 radical (unpaired) electrons. The highest BCUT2D eigenvalue weighted by atomic mass is 16.6. The van der Waals surface area contributed by atoms with Gasteiger partial charge in [-0.25, -0.2) is 0 Å². The summed E-state index contributed by atoms with van der Waals surface area (Å²) < 4.78 is 11.2. The minimum Gasteiger partial charge on any atom is -0.496 e. The molecular formula is C18H19NO4. The second-order valence-electron chi connectivity index (χ2n) is 5.18. The number of hydrogen-bond acceptors (Lipinski definition) is 4. The monoisotopic (exact) mass is 313 g/mol. The number of hydrogen-bond donors (Lipinski definition) is 0. The van der Waals surface area contributed by atoms with E-state index in [9.17, 15) is 10.1 Å². The lowest BCUT2D eigenvalue weighted by Gasteiger charge is -2.13. The second kappa shape index (κ2) is 7.45. The van der Waals surface area contributed by atoms with E-state index in [0.29, 0.717) is 23.7 Å². The number of benzene rings is 2. The molecule has 0 spiro atoms. The minimum absolute atomic E-state index is 0.0427. The van der Waals surface area contributed by atoms with Crippen LogP contribution in [0.5, 0.6) is 11.5 Å². The summed E-state index contributed by atoms with van der Waals surface area (Å²) >= 11 is 0. The van der Waals surface area contributed by atoms with Crippen molar-refractivity contribution in [1.82, 2.24) is 0 Å². The van der Waals surface area contributed by atoms with Crippen molar-refractivity contribution < 1.29 is 14.4 Å². The van der Waals surface area contributed by atoms with Crippen LogP contribution in [-0.2, 0) is 6.61 Å². The van der Waals surface area contributed by atoms with Gasteiger partial charge in [0.25, 0.3) is 0 Å². The van der Waals surface area contributed by atoms with Gasteiger partial charge in [0.2, 0.25) is 5.70 Å². The van der Waals surface area contributed by atoms with Crippen molar-refractivity contribution in [3.8, 4) is 11.5 Å². The summed E-state index contributed by atoms with van der Waals surface area (Å²) in [7, 11) is 1.54. The first kappa shape index (κ1) is 16.5. The molecule has 0 aliphatic rings. The number of methoxy groups -OCH3 is 1. The van der Waals surface area contributed by atoms with E-state index in [1.807, 2.05) is 43.3 Å². The van der Waals surface area contributed by atoms with Crippen LogP contribution in [0.15, 0.2) is 48.2 Å². The number of nitro groups is 1. The maximum atomic E-state index is 10.8. The summed E-state index contributed by atoms with van der Waals surface area (Å²) in [5.41, 5.74) is 2.63. The lowest BCUT2D eigenvalue weighted by atomic mass is 10.1. The Kier molecular flexibility index (Phi) is 5.36. The zero-order valence-corrected chi connectivity index (χ0v) is 13.4. The van der Waals surface area contributed by atoms with Crippen molar-refractivity contribution in [2.45, 2.75) is 20.5 Å². The van der Waals surface area contributed by atoms with Gasteiger partial charge in [-0.3, -0.25) is 10.1 Å². The molecule has 0 saturated heterocycles. The molecule has 2 rings (SSSR count). The molecule has 5 nitrogen and oxygen atoms in total. The summed E-state index contributed by atoms with van der Waals surface area (Å²) in [6, 6.07) is 13.4. The normalized spacial score (nSPS) is 11.2. The van der Waals surface area contributed by atoms with Crippen molar-refractivity contribution in [1.29, 1.82) is 0 Å². The van der Waals surface area contributed by atoms with E-state index >= 15 is 0 Å². The van der Waals surface area contributed by atoms with Gasteiger partial charge >= 0.3 is 0 Å². The highest BCUT2D eigenvalue weighted by Gasteiger charge is 2.11. The van der Waals surface area contributed by atoms with Crippen molar-refractivity contribution in [2.24, 2.45) is 0 Å². The number of allylic oxidation sites excluding steroid dienone is 1. The zero-order chi connectivity index (χ0) is 16.8. The van der Waals surface area contributed by atoms with E-state index in [1.165, 1.54) is 20.1 Å². The van der Waals surface area contributed by atoms with E-state index in [-0.39, 0.29) is 5.70 Å². The number of aryl methyl sites for hydroxylation is 1. The maximum absolute atomic E-state index is 10.8. The van der Waals surface area contributed by atoms with Crippen molar-refractivity contribution in [2.75, 3.05) is 7.11 Å². The van der Waals surface area contributed by atoms with Crippen LogP contribution in [0.3, 0.4) is 0 Å². The van der Waals surface area contributed by atoms with Gasteiger partial charge in [0.15, 0.2) is 0 Å². The smallest absolute Gasteiger partial charge is 0.243 e. The molecule has 0 fully saturated rings. The van der Waals surface area contributed by atoms with Crippen LogP contribution in [0.2, 0.25) is 0 Å². The Bertz CT molecular complexity index is 723. The Morgan fingerprint density at radius 3 is 2.52 bits per heavy atom. The number of rotatable bonds is 6. The molecular weight excluding hydrogens is 294 g/mol. The molecule has 0 heterocycles. The Labute approximate surface area is 135 Å². The molecule has 0 unspecified atom stereocenters. The maximum Gasteiger partial charge on any atom is 0.243 e. The molecule has 5 heteroatoms. The lowest BCUT2D eigenvalue weighted by molar-refractivity contribution is -0.422. The molecule has 0 N–H and O–H groups in total. The highest BCUT2D eigenvalue weighted by Crippen LogP contribution is 2.30. The zero-order valence-electron chi connectivity index (χ0n) is 13.4. The van der Waals surface area contributed by atoms with Gasteiger partial charge in [-0.05, 0) is 30.2 Å². The first-order valence-corrected chi connectivity index (χ1v) is 7.19. The van der Waals surface area contributed by atoms with Crippen LogP contribution in [0.1, 0.15) is 23.6 Å². The van der Waals surface area contributed by atoms with Crippen LogP contribution < -0.4 is 9.47 Å². The van der Waals surface area contributed by atoms with Gasteiger partial charge in [-0.2, -0.15) is 0 Å². The Morgan fingerprint density at radius 2 is 1.91 bits per heavy atom. The SMILES string of the molecule is COc1cc(C)c(OCc2ccccc2)cc1C=C(C)[N+](=O)[O-]. The summed E-state index contributed by atoms with van der Waals surface area (Å²) in [4.78, 5) is 10.4. The van der Waals surface area contributed by atoms with E-state index in [0.717, 1.165) is 11.1 Å². The molecule has 0 aromatic heterocycles. The van der Waals surface area contributed by atoms with Gasteiger partial charge in [0, 0.05) is 18.6 Å². The second-order valence-corrected chi connectivity index (χ2v) is 5.18. The van der Waals surface area contributed by atoms with Crippen LogP contribution in [0.4, 0.5) is 0 Å². The molecule has 0 aliphatic heterocycles. The van der Waals surface area contributed by atoms with Crippen LogP contribution in [-0.4, -0.2) is 12.0 Å². The lowest BCUT2D eigenvalue weighted by Crippen LogP contribution is -1.99. The molecule has 0 amide bonds. The van der Waals surface area contributed by atoms with Crippen LogP contribution in [0, 0.1) is 17.0 Å². The number of ether oxygens (including phenoxy) is 2. The predicted octanol–water partition coefficient (Wildman–Crippen LogP) is 4.22. The van der Waals surface area contributed by atoms with E-state index in [2.05, 4.69) is 0 Å². The van der Waals surface area contributed by atoms with E-state index < -0.39 is 4.92 Å². The van der Waals surface area contributed by atoms with Gasteiger partial charge in [0.05, 0.1) is 12.0 Å². The Hall–Kier alpha value is -2.82. The minimum atomic E-state index is -0.427. The summed E-state index contributed by atoms with van der Waals surface area (Å²) in [5.74, 6) is 1.26. The van der Waals surface area contributed by atoms with E-state index in [1.54, 1.807) is 6.07 Å². The molecule has 2 aromatic rings. The number of nitrogens with zero attached hydrogens (tertiary/aromatic N) is 1. The van der Waals surface area contributed by atoms with Crippen LogP contribution >= 0.6 is 0 Å². The average Bonchev–Trinajstić information content (AvgIpc) is 2.55. The summed E-state index contributed by atoms with van der Waals surface area (Å²) in [6.45, 7) is 3.80. The third-order valence-electron chi connectivity index (χ3n) is 3.42. The van der Waals surface area contributed by atoms with Gasteiger partial charge in [-0.15, -0.1) is 0 Å². The highest BCUT2D eigenvalue weighted by molar-refractivity contribution is 5.62. The third kappa shape index (κ3) is 4.32. The molecule has 0 atom stereocenters. The fourth-order valence-electron chi connectivity index (χ4n) is 2.14. The molecule has 23 heavy (non-hydrogen) atoms. The molecule has 0 saturated carbocycles.